The molecule has 22 heavy (non-hydrogen) atoms. The van der Waals surface area contributed by atoms with Crippen molar-refractivity contribution in [1.29, 1.82) is 0 Å². The quantitative estimate of drug-likeness (QED) is 0.845. The summed E-state index contributed by atoms with van der Waals surface area (Å²) in [4.78, 5) is 0. The molecule has 0 aliphatic carbocycles. The highest BCUT2D eigenvalue weighted by Gasteiger charge is 2.43. The van der Waals surface area contributed by atoms with Crippen LogP contribution in [0.3, 0.4) is 0 Å². The smallest absolute Gasteiger partial charge is 0.218 e. The normalized spacial score (nSPS) is 23.0. The molecule has 1 atom stereocenters. The van der Waals surface area contributed by atoms with E-state index in [1.807, 2.05) is 0 Å². The molecular formula is C13H15FN4O3S. The first-order valence-electron chi connectivity index (χ1n) is 6.70. The van der Waals surface area contributed by atoms with Crippen LogP contribution in [0.25, 0.3) is 0 Å². The number of aliphatic hydroxyl groups is 1. The van der Waals surface area contributed by atoms with Gasteiger partial charge in [-0.05, 0) is 24.1 Å². The van der Waals surface area contributed by atoms with Crippen LogP contribution in [0, 0.1) is 5.82 Å². The lowest BCUT2D eigenvalue weighted by Crippen LogP contribution is -2.35. The highest BCUT2D eigenvalue weighted by molar-refractivity contribution is 7.88. The van der Waals surface area contributed by atoms with Gasteiger partial charge in [0.25, 0.3) is 0 Å². The molecular weight excluding hydrogens is 311 g/mol. The Labute approximate surface area is 126 Å². The van der Waals surface area contributed by atoms with Crippen molar-refractivity contribution in [3.8, 4) is 0 Å². The highest BCUT2D eigenvalue weighted by atomic mass is 32.2. The standard InChI is InChI=1S/C13H15FN4O3S/c14-11-3-1-2-10(6-11)8-22(20,21)18-5-4-13(19,9-18)12-7-15-17-16-12/h1-3,6-7,19H,4-5,8-9H2,(H,15,16,17). The zero-order chi connectivity index (χ0) is 15.8. The summed E-state index contributed by atoms with van der Waals surface area (Å²) in [6.07, 6.45) is 1.62. The second-order valence-electron chi connectivity index (χ2n) is 5.36. The molecule has 2 N–H and O–H groups in total. The molecule has 9 heteroatoms. The van der Waals surface area contributed by atoms with Crippen molar-refractivity contribution in [3.05, 3.63) is 47.5 Å². The molecule has 1 unspecified atom stereocenters. The van der Waals surface area contributed by atoms with Gasteiger partial charge in [-0.3, -0.25) is 0 Å². The van der Waals surface area contributed by atoms with Gasteiger partial charge in [-0.1, -0.05) is 12.1 Å². The molecule has 0 bridgehead atoms. The van der Waals surface area contributed by atoms with Gasteiger partial charge in [0.1, 0.15) is 17.1 Å². The Morgan fingerprint density at radius 2 is 2.27 bits per heavy atom. The summed E-state index contributed by atoms with van der Waals surface area (Å²) >= 11 is 0. The van der Waals surface area contributed by atoms with E-state index in [-0.39, 0.29) is 25.3 Å². The minimum absolute atomic E-state index is 0.0861. The summed E-state index contributed by atoms with van der Waals surface area (Å²) in [5, 5.41) is 20.4. The summed E-state index contributed by atoms with van der Waals surface area (Å²) in [6.45, 7) is 0.0954. The molecule has 1 fully saturated rings. The summed E-state index contributed by atoms with van der Waals surface area (Å²) in [5.74, 6) is -0.784. The number of aromatic amines is 1. The van der Waals surface area contributed by atoms with Crippen molar-refractivity contribution in [1.82, 2.24) is 19.7 Å². The molecule has 7 nitrogen and oxygen atoms in total. The van der Waals surface area contributed by atoms with Gasteiger partial charge in [-0.15, -0.1) is 0 Å². The van der Waals surface area contributed by atoms with Gasteiger partial charge in [0.15, 0.2) is 0 Å². The molecule has 0 radical (unpaired) electrons. The van der Waals surface area contributed by atoms with Crippen LogP contribution in [0.4, 0.5) is 4.39 Å². The fourth-order valence-electron chi connectivity index (χ4n) is 2.56. The highest BCUT2D eigenvalue weighted by Crippen LogP contribution is 2.32. The fourth-order valence-corrected chi connectivity index (χ4v) is 4.12. The Kier molecular flexibility index (Phi) is 3.71. The number of hydrogen-bond acceptors (Lipinski definition) is 5. The Bertz CT molecular complexity index is 765. The lowest BCUT2D eigenvalue weighted by atomic mass is 10.0. The molecule has 2 heterocycles. The first-order chi connectivity index (χ1) is 10.4. The second-order valence-corrected chi connectivity index (χ2v) is 7.33. The number of nitrogens with one attached hydrogen (secondary N) is 1. The molecule has 0 spiro atoms. The van der Waals surface area contributed by atoms with Gasteiger partial charge in [-0.25, -0.2) is 12.8 Å². The Morgan fingerprint density at radius 1 is 1.45 bits per heavy atom. The van der Waals surface area contributed by atoms with E-state index in [4.69, 9.17) is 0 Å². The number of halogens is 1. The summed E-state index contributed by atoms with van der Waals surface area (Å²) in [5.41, 5.74) is -0.657. The van der Waals surface area contributed by atoms with Crippen molar-refractivity contribution >= 4 is 10.0 Å². The molecule has 1 aliphatic rings. The number of sulfonamides is 1. The lowest BCUT2D eigenvalue weighted by Gasteiger charge is -2.21. The van der Waals surface area contributed by atoms with Gasteiger partial charge in [0.05, 0.1) is 11.9 Å². The number of hydrogen-bond donors (Lipinski definition) is 2. The fraction of sp³-hybridized carbons (Fsp3) is 0.385. The number of H-pyrrole nitrogens is 1. The molecule has 118 valence electrons. The minimum Gasteiger partial charge on any atom is -0.382 e. The van der Waals surface area contributed by atoms with Crippen molar-refractivity contribution in [2.75, 3.05) is 13.1 Å². The molecule has 1 aromatic carbocycles. The third-order valence-corrected chi connectivity index (χ3v) is 5.53. The van der Waals surface area contributed by atoms with E-state index in [1.165, 1.54) is 28.7 Å². The molecule has 3 rings (SSSR count). The number of β-amino-alcohol motifs (C(OH)–C–C–N with tert-alkyl or cyclic N) is 1. The van der Waals surface area contributed by atoms with E-state index in [2.05, 4.69) is 15.4 Å². The zero-order valence-corrected chi connectivity index (χ0v) is 12.4. The Morgan fingerprint density at radius 3 is 2.95 bits per heavy atom. The maximum atomic E-state index is 13.2. The zero-order valence-electron chi connectivity index (χ0n) is 11.6. The maximum Gasteiger partial charge on any atom is 0.218 e. The van der Waals surface area contributed by atoms with Crippen LogP contribution in [0.1, 0.15) is 17.7 Å². The lowest BCUT2D eigenvalue weighted by molar-refractivity contribution is 0.0484. The molecule has 1 saturated heterocycles. The maximum absolute atomic E-state index is 13.2. The summed E-state index contributed by atoms with van der Waals surface area (Å²) < 4.78 is 39.2. The van der Waals surface area contributed by atoms with Crippen LogP contribution in [0.15, 0.2) is 30.5 Å². The second kappa shape index (κ2) is 5.41. The van der Waals surface area contributed by atoms with Gasteiger partial charge in [0, 0.05) is 13.1 Å². The molecule has 0 amide bonds. The van der Waals surface area contributed by atoms with Crippen LogP contribution in [0.5, 0.6) is 0 Å². The van der Waals surface area contributed by atoms with Crippen molar-refractivity contribution in [2.45, 2.75) is 17.8 Å². The molecule has 1 aliphatic heterocycles. The number of nitrogens with zero attached hydrogens (tertiary/aromatic N) is 3. The first kappa shape index (κ1) is 15.1. The average Bonchev–Trinajstić information content (AvgIpc) is 3.08. The predicted molar refractivity (Wildman–Crippen MR) is 75.5 cm³/mol. The average molecular weight is 326 g/mol. The van der Waals surface area contributed by atoms with E-state index >= 15 is 0 Å². The van der Waals surface area contributed by atoms with Crippen molar-refractivity contribution in [3.63, 3.8) is 0 Å². The monoisotopic (exact) mass is 326 g/mol. The van der Waals surface area contributed by atoms with Crippen LogP contribution >= 0.6 is 0 Å². The van der Waals surface area contributed by atoms with E-state index in [1.54, 1.807) is 6.07 Å². The number of aromatic nitrogens is 3. The first-order valence-corrected chi connectivity index (χ1v) is 8.31. The SMILES string of the molecule is O=S(=O)(Cc1cccc(F)c1)N1CCC(O)(c2cn[nH]n2)C1. The topological polar surface area (TPSA) is 99.2 Å². The molecule has 0 saturated carbocycles. The van der Waals surface area contributed by atoms with E-state index in [0.717, 1.165) is 0 Å². The van der Waals surface area contributed by atoms with E-state index in [0.29, 0.717) is 11.3 Å². The van der Waals surface area contributed by atoms with E-state index in [9.17, 15) is 17.9 Å². The van der Waals surface area contributed by atoms with Gasteiger partial charge >= 0.3 is 0 Å². The minimum atomic E-state index is -3.64. The largest absolute Gasteiger partial charge is 0.382 e. The number of benzene rings is 1. The van der Waals surface area contributed by atoms with Crippen LogP contribution in [-0.4, -0.2) is 46.3 Å². The number of rotatable bonds is 4. The van der Waals surface area contributed by atoms with E-state index < -0.39 is 21.4 Å². The van der Waals surface area contributed by atoms with Crippen molar-refractivity contribution in [2.24, 2.45) is 0 Å². The summed E-state index contributed by atoms with van der Waals surface area (Å²) in [7, 11) is -3.64. The third kappa shape index (κ3) is 2.87. The summed E-state index contributed by atoms with van der Waals surface area (Å²) in [6, 6.07) is 5.48. The molecule has 1 aromatic heterocycles. The van der Waals surface area contributed by atoms with Crippen molar-refractivity contribution < 1.29 is 17.9 Å². The van der Waals surface area contributed by atoms with Gasteiger partial charge < -0.3 is 5.11 Å². The Balaban J connectivity index is 1.77. The van der Waals surface area contributed by atoms with Gasteiger partial charge in [-0.2, -0.15) is 19.7 Å². The molecule has 2 aromatic rings. The Hall–Kier alpha value is -1.84. The van der Waals surface area contributed by atoms with Crippen LogP contribution in [-0.2, 0) is 21.4 Å². The predicted octanol–water partition coefficient (Wildman–Crippen LogP) is 0.367. The van der Waals surface area contributed by atoms with Crippen LogP contribution < -0.4 is 0 Å². The van der Waals surface area contributed by atoms with Crippen LogP contribution in [0.2, 0.25) is 0 Å². The van der Waals surface area contributed by atoms with Gasteiger partial charge in [0.2, 0.25) is 10.0 Å². The third-order valence-electron chi connectivity index (χ3n) is 3.74.